The van der Waals surface area contributed by atoms with Crippen LogP contribution in [0.15, 0.2) is 279 Å². The number of anilines is 12. The van der Waals surface area contributed by atoms with Gasteiger partial charge in [-0.15, -0.1) is 0 Å². The largest absolute Gasteiger partial charge is 0.310 e. The van der Waals surface area contributed by atoms with E-state index in [2.05, 4.69) is 409 Å². The maximum absolute atomic E-state index is 2.59. The van der Waals surface area contributed by atoms with E-state index in [1.807, 2.05) is 0 Å². The quantitative estimate of drug-likeness (QED) is 0.113. The van der Waals surface area contributed by atoms with Crippen LogP contribution in [-0.4, -0.2) is 0 Å². The predicted octanol–water partition coefficient (Wildman–Crippen LogP) is 29.5. The molecule has 104 heavy (non-hydrogen) atoms. The molecule has 0 aromatic heterocycles. The number of aryl methyl sites for hydroxylation is 4. The van der Waals surface area contributed by atoms with Crippen LogP contribution >= 0.6 is 0 Å². The summed E-state index contributed by atoms with van der Waals surface area (Å²) in [7, 11) is 0. The molecule has 16 aromatic rings. The van der Waals surface area contributed by atoms with Crippen LogP contribution in [0.5, 0.6) is 0 Å². The number of fused-ring (bicyclic) bond motifs is 4. The monoisotopic (exact) mass is 1350 g/mol. The molecule has 4 heteroatoms. The molecular formula is C100H94N4. The van der Waals surface area contributed by atoms with Gasteiger partial charge in [0.1, 0.15) is 0 Å². The zero-order valence-electron chi connectivity index (χ0n) is 63.3. The Labute approximate surface area is 615 Å². The molecule has 0 amide bonds. The van der Waals surface area contributed by atoms with Gasteiger partial charge in [-0.05, 0) is 222 Å². The van der Waals surface area contributed by atoms with E-state index < -0.39 is 0 Å². The molecule has 0 bridgehead atoms. The lowest BCUT2D eigenvalue weighted by Gasteiger charge is -2.36. The van der Waals surface area contributed by atoms with Crippen LogP contribution in [0.3, 0.4) is 0 Å². The molecule has 16 rings (SSSR count). The first kappa shape index (κ1) is 67.3. The van der Waals surface area contributed by atoms with Crippen LogP contribution in [0.1, 0.15) is 128 Å². The van der Waals surface area contributed by atoms with Crippen molar-refractivity contribution in [3.05, 3.63) is 324 Å². The smallest absolute Gasteiger partial charge is 0.0561 e. The number of benzene rings is 16. The SMILES string of the molecule is Cc1c(N(c2ccc(C(C)(C)C)cc2)c2cc(N(c3ccc(C(C)(C)C)cc3)c3ccc4ccccc4c3C)c3ccc4c(N(c5ccc(C(C)(C)C)cc5)c5ccc6ccccc6c5C)cc(N(c5ccc(C(C)(C)C)cc5)c5ccc6ccccc6c5C)c5ccc2c3c54)ccc2ccccc12. The summed E-state index contributed by atoms with van der Waals surface area (Å²) < 4.78 is 0. The fourth-order valence-corrected chi connectivity index (χ4v) is 16.4. The minimum atomic E-state index is -0.0691. The van der Waals surface area contributed by atoms with Crippen LogP contribution in [0, 0.1) is 27.7 Å². The number of hydrogen-bond acceptors (Lipinski definition) is 4. The third-order valence-corrected chi connectivity index (χ3v) is 22.4. The fourth-order valence-electron chi connectivity index (χ4n) is 16.4. The van der Waals surface area contributed by atoms with E-state index in [9.17, 15) is 0 Å². The van der Waals surface area contributed by atoms with Crippen LogP contribution in [0.4, 0.5) is 68.2 Å². The summed E-state index contributed by atoms with van der Waals surface area (Å²) in [5, 5.41) is 16.7. The molecule has 0 N–H and O–H groups in total. The lowest BCUT2D eigenvalue weighted by Crippen LogP contribution is -2.18. The molecule has 0 aliphatic carbocycles. The minimum absolute atomic E-state index is 0.0691. The van der Waals surface area contributed by atoms with Crippen molar-refractivity contribution < 1.29 is 0 Å². The third-order valence-electron chi connectivity index (χ3n) is 22.4. The van der Waals surface area contributed by atoms with Gasteiger partial charge in [-0.25, -0.2) is 0 Å². The highest BCUT2D eigenvalue weighted by Gasteiger charge is 2.33. The second-order valence-electron chi connectivity index (χ2n) is 33.2. The molecule has 0 fully saturated rings. The minimum Gasteiger partial charge on any atom is -0.310 e. The Morgan fingerprint density at radius 2 is 0.375 bits per heavy atom. The van der Waals surface area contributed by atoms with E-state index >= 15 is 0 Å². The molecule has 0 saturated carbocycles. The second kappa shape index (κ2) is 25.3. The van der Waals surface area contributed by atoms with Crippen molar-refractivity contribution in [1.82, 2.24) is 0 Å². The van der Waals surface area contributed by atoms with E-state index in [-0.39, 0.29) is 21.7 Å². The highest BCUT2D eigenvalue weighted by molar-refractivity contribution is 6.33. The van der Waals surface area contributed by atoms with Crippen molar-refractivity contribution in [3.63, 3.8) is 0 Å². The summed E-state index contributed by atoms with van der Waals surface area (Å²) in [5.74, 6) is 0. The van der Waals surface area contributed by atoms with Crippen LogP contribution in [-0.2, 0) is 21.7 Å². The van der Waals surface area contributed by atoms with Gasteiger partial charge >= 0.3 is 0 Å². The van der Waals surface area contributed by atoms with Crippen molar-refractivity contribution in [2.24, 2.45) is 0 Å². The van der Waals surface area contributed by atoms with Gasteiger partial charge < -0.3 is 19.6 Å². The molecule has 0 aliphatic heterocycles. The molecule has 0 saturated heterocycles. The molecule has 0 aliphatic rings. The topological polar surface area (TPSA) is 13.0 Å². The van der Waals surface area contributed by atoms with Gasteiger partial charge in [0.25, 0.3) is 0 Å². The zero-order chi connectivity index (χ0) is 72.5. The van der Waals surface area contributed by atoms with E-state index in [1.165, 1.54) is 98.4 Å². The maximum Gasteiger partial charge on any atom is 0.0561 e. The van der Waals surface area contributed by atoms with Crippen molar-refractivity contribution in [1.29, 1.82) is 0 Å². The van der Waals surface area contributed by atoms with E-state index in [0.717, 1.165) is 89.8 Å². The average molecular weight is 1350 g/mol. The molecule has 0 heterocycles. The Bertz CT molecular complexity index is 5260. The number of rotatable bonds is 12. The Balaban J connectivity index is 1.13. The number of hydrogen-bond donors (Lipinski definition) is 0. The zero-order valence-corrected chi connectivity index (χ0v) is 63.3. The molecular weight excluding hydrogens is 1260 g/mol. The molecule has 0 unspecified atom stereocenters. The van der Waals surface area contributed by atoms with Crippen LogP contribution in [0.2, 0.25) is 0 Å². The summed E-state index contributed by atoms with van der Waals surface area (Å²) >= 11 is 0. The normalized spacial score (nSPS) is 12.4. The number of nitrogens with zero attached hydrogens (tertiary/aromatic N) is 4. The molecule has 0 atom stereocenters. The predicted molar refractivity (Wildman–Crippen MR) is 453 cm³/mol. The van der Waals surface area contributed by atoms with Crippen molar-refractivity contribution in [2.45, 2.75) is 132 Å². The highest BCUT2D eigenvalue weighted by Crippen LogP contribution is 2.57. The summed E-state index contributed by atoms with van der Waals surface area (Å²) in [5.41, 5.74) is 22.7. The van der Waals surface area contributed by atoms with Gasteiger partial charge in [0.2, 0.25) is 0 Å². The summed E-state index contributed by atoms with van der Waals surface area (Å²) in [6.45, 7) is 37.0. The van der Waals surface area contributed by atoms with Crippen LogP contribution < -0.4 is 19.6 Å². The molecule has 16 aromatic carbocycles. The molecule has 4 nitrogen and oxygen atoms in total. The van der Waals surface area contributed by atoms with Crippen molar-refractivity contribution >= 4 is 144 Å². The Kier molecular flexibility index (Phi) is 16.4. The van der Waals surface area contributed by atoms with E-state index in [0.29, 0.717) is 0 Å². The molecule has 514 valence electrons. The fraction of sp³-hybridized carbons (Fsp3) is 0.200. The van der Waals surface area contributed by atoms with Gasteiger partial charge in [-0.2, -0.15) is 0 Å². The third kappa shape index (κ3) is 11.6. The Morgan fingerprint density at radius 1 is 0.183 bits per heavy atom. The first-order valence-corrected chi connectivity index (χ1v) is 37.1. The van der Waals surface area contributed by atoms with Crippen molar-refractivity contribution in [2.75, 3.05) is 19.6 Å². The van der Waals surface area contributed by atoms with Gasteiger partial charge in [0, 0.05) is 77.8 Å². The van der Waals surface area contributed by atoms with E-state index in [1.54, 1.807) is 0 Å². The average Bonchev–Trinajstić information content (AvgIpc) is 0.697. The molecule has 0 radical (unpaired) electrons. The Hall–Kier alpha value is -11.2. The van der Waals surface area contributed by atoms with Gasteiger partial charge in [0.15, 0.2) is 0 Å². The summed E-state index contributed by atoms with van der Waals surface area (Å²) in [6, 6.07) is 107. The van der Waals surface area contributed by atoms with Gasteiger partial charge in [-0.3, -0.25) is 0 Å². The van der Waals surface area contributed by atoms with Crippen LogP contribution in [0.25, 0.3) is 75.4 Å². The second-order valence-corrected chi connectivity index (χ2v) is 33.2. The summed E-state index contributed by atoms with van der Waals surface area (Å²) in [4.78, 5) is 10.3. The Morgan fingerprint density at radius 3 is 0.567 bits per heavy atom. The van der Waals surface area contributed by atoms with Gasteiger partial charge in [-0.1, -0.05) is 277 Å². The lowest BCUT2D eigenvalue weighted by atomic mass is 9.86. The van der Waals surface area contributed by atoms with Crippen molar-refractivity contribution in [3.8, 4) is 0 Å². The molecule has 0 spiro atoms. The standard InChI is InChI=1S/C100H94N4/c1-63-79-29-21-17-25-67(79)33-57-87(63)101(75-45-37-71(38-46-75)97(5,6)7)91-61-92(102(76-47-39-72(40-48-76)98(8,9)10)88-58-34-68-26-18-22-30-80(68)64(88)2)84-55-56-86-94(104(78-51-43-74(44-52-78)100(14,15)16)90-60-36-70-28-20-24-32-82(70)66(90)4)62-93(85-54-53-83(91)95(84)96(85)86)103(77-49-41-73(42-50-77)99(11,12)13)89-59-35-69-27-19-23-31-81(69)65(89)3/h17-62H,1-16H3. The lowest BCUT2D eigenvalue weighted by molar-refractivity contribution is 0.590. The first-order chi connectivity index (χ1) is 49.8. The maximum atomic E-state index is 2.59. The van der Waals surface area contributed by atoms with E-state index in [4.69, 9.17) is 0 Å². The van der Waals surface area contributed by atoms with Gasteiger partial charge in [0.05, 0.1) is 22.7 Å². The summed E-state index contributed by atoms with van der Waals surface area (Å²) in [6.07, 6.45) is 0. The highest BCUT2D eigenvalue weighted by atomic mass is 15.2. The first-order valence-electron chi connectivity index (χ1n) is 37.1.